The van der Waals surface area contributed by atoms with Crippen LogP contribution in [-0.4, -0.2) is 78.4 Å². The lowest BCUT2D eigenvalue weighted by atomic mass is 10.1. The molecule has 1 atom stereocenters. The van der Waals surface area contributed by atoms with Gasteiger partial charge in [0.2, 0.25) is 23.6 Å². The van der Waals surface area contributed by atoms with Crippen LogP contribution in [0.5, 0.6) is 11.8 Å². The normalized spacial score (nSPS) is 22.1. The van der Waals surface area contributed by atoms with Crippen molar-refractivity contribution in [3.63, 3.8) is 0 Å². The maximum atomic E-state index is 12.7. The van der Waals surface area contributed by atoms with Crippen LogP contribution < -0.4 is 14.8 Å². The molecule has 150 valence electrons. The number of likely N-dealkylation sites (tertiary alicyclic amines) is 2. The van der Waals surface area contributed by atoms with Gasteiger partial charge in [0.15, 0.2) is 0 Å². The van der Waals surface area contributed by atoms with Gasteiger partial charge in [0.25, 0.3) is 5.91 Å². The maximum Gasteiger partial charge on any atom is 0.259 e. The van der Waals surface area contributed by atoms with Crippen LogP contribution in [0.2, 0.25) is 0 Å². The molecule has 4 rings (SSSR count). The highest BCUT2D eigenvalue weighted by Crippen LogP contribution is 2.29. The first kappa shape index (κ1) is 18.5. The van der Waals surface area contributed by atoms with Crippen LogP contribution >= 0.6 is 0 Å². The number of pyridine rings is 1. The highest BCUT2D eigenvalue weighted by molar-refractivity contribution is 5.97. The van der Waals surface area contributed by atoms with Gasteiger partial charge in [-0.3, -0.25) is 14.4 Å². The van der Waals surface area contributed by atoms with Crippen LogP contribution in [0.4, 0.5) is 0 Å². The Bertz CT molecular complexity index is 804. The lowest BCUT2D eigenvalue weighted by Gasteiger charge is -2.44. The number of hydrogen-bond acceptors (Lipinski definition) is 6. The molecule has 2 aliphatic heterocycles. The van der Waals surface area contributed by atoms with Crippen LogP contribution in [0.15, 0.2) is 12.1 Å². The Morgan fingerprint density at radius 2 is 1.89 bits per heavy atom. The molecule has 28 heavy (non-hydrogen) atoms. The van der Waals surface area contributed by atoms with Gasteiger partial charge in [0, 0.05) is 38.2 Å². The van der Waals surface area contributed by atoms with E-state index in [-0.39, 0.29) is 42.0 Å². The average Bonchev–Trinajstić information content (AvgIpc) is 3.40. The molecule has 1 saturated carbocycles. The summed E-state index contributed by atoms with van der Waals surface area (Å²) in [5.41, 5.74) is 0.358. The number of aromatic nitrogens is 1. The van der Waals surface area contributed by atoms with E-state index in [1.807, 2.05) is 0 Å². The molecule has 3 amide bonds. The molecule has 3 aliphatic rings. The second-order valence-corrected chi connectivity index (χ2v) is 7.50. The van der Waals surface area contributed by atoms with E-state index in [4.69, 9.17) is 9.47 Å². The summed E-state index contributed by atoms with van der Waals surface area (Å²) in [5, 5.41) is 2.97. The monoisotopic (exact) mass is 388 g/mol. The molecule has 3 heterocycles. The number of amides is 3. The molecule has 0 aromatic carbocycles. The molecular formula is C19H24N4O5. The van der Waals surface area contributed by atoms with Gasteiger partial charge in [0.1, 0.15) is 5.56 Å². The highest BCUT2D eigenvalue weighted by Gasteiger charge is 2.44. The van der Waals surface area contributed by atoms with Crippen molar-refractivity contribution in [3.05, 3.63) is 17.7 Å². The number of hydrogen-bond donors (Lipinski definition) is 1. The minimum atomic E-state index is -0.288. The molecular weight excluding hydrogens is 364 g/mol. The quantitative estimate of drug-likeness (QED) is 0.739. The molecule has 9 heteroatoms. The number of carbonyl (C=O) groups excluding carboxylic acids is 3. The minimum Gasteiger partial charge on any atom is -0.481 e. The zero-order chi connectivity index (χ0) is 19.8. The number of ether oxygens (including phenoxy) is 2. The molecule has 0 spiro atoms. The zero-order valence-electron chi connectivity index (χ0n) is 16.0. The van der Waals surface area contributed by atoms with Crippen LogP contribution in [0, 0.1) is 5.92 Å². The fourth-order valence-electron chi connectivity index (χ4n) is 3.65. The van der Waals surface area contributed by atoms with E-state index in [1.165, 1.54) is 14.2 Å². The Morgan fingerprint density at radius 1 is 1.14 bits per heavy atom. The molecule has 1 unspecified atom stereocenters. The molecule has 1 aliphatic carbocycles. The molecule has 9 nitrogen and oxygen atoms in total. The van der Waals surface area contributed by atoms with E-state index in [0.717, 1.165) is 12.8 Å². The predicted octanol–water partition coefficient (Wildman–Crippen LogP) is 0.0503. The van der Waals surface area contributed by atoms with E-state index in [1.54, 1.807) is 21.9 Å². The van der Waals surface area contributed by atoms with Gasteiger partial charge in [-0.05, 0) is 18.9 Å². The third-order valence-electron chi connectivity index (χ3n) is 5.51. The Labute approximate surface area is 163 Å². The summed E-state index contributed by atoms with van der Waals surface area (Å²) >= 11 is 0. The molecule has 0 radical (unpaired) electrons. The average molecular weight is 388 g/mol. The van der Waals surface area contributed by atoms with Gasteiger partial charge in [-0.1, -0.05) is 0 Å². The molecule has 3 fully saturated rings. The highest BCUT2D eigenvalue weighted by atomic mass is 16.5. The molecule has 1 N–H and O–H groups in total. The lowest BCUT2D eigenvalue weighted by Crippen LogP contribution is -2.61. The Morgan fingerprint density at radius 3 is 2.54 bits per heavy atom. The first-order chi connectivity index (χ1) is 13.5. The van der Waals surface area contributed by atoms with Crippen LogP contribution in [0.1, 0.15) is 29.6 Å². The third kappa shape index (κ3) is 3.48. The second-order valence-electron chi connectivity index (χ2n) is 7.50. The van der Waals surface area contributed by atoms with Crippen molar-refractivity contribution in [2.75, 3.05) is 33.9 Å². The van der Waals surface area contributed by atoms with Crippen molar-refractivity contribution in [2.24, 2.45) is 5.92 Å². The fraction of sp³-hybridized carbons (Fsp3) is 0.579. The number of carbonyl (C=O) groups is 3. The van der Waals surface area contributed by atoms with Gasteiger partial charge in [-0.15, -0.1) is 0 Å². The van der Waals surface area contributed by atoms with Crippen molar-refractivity contribution in [3.8, 4) is 11.8 Å². The van der Waals surface area contributed by atoms with Crippen molar-refractivity contribution in [2.45, 2.75) is 31.3 Å². The van der Waals surface area contributed by atoms with E-state index < -0.39 is 0 Å². The largest absolute Gasteiger partial charge is 0.481 e. The predicted molar refractivity (Wildman–Crippen MR) is 98.0 cm³/mol. The molecule has 1 aromatic rings. The SMILES string of the molecule is COc1ccc(C(=O)N2CC(N3CC(C(=O)NC4CC4)CC3=O)C2)c(OC)n1. The van der Waals surface area contributed by atoms with Gasteiger partial charge in [-0.25, -0.2) is 0 Å². The van der Waals surface area contributed by atoms with Crippen LogP contribution in [-0.2, 0) is 9.59 Å². The van der Waals surface area contributed by atoms with Crippen molar-refractivity contribution in [1.82, 2.24) is 20.1 Å². The smallest absolute Gasteiger partial charge is 0.259 e. The van der Waals surface area contributed by atoms with Crippen LogP contribution in [0.25, 0.3) is 0 Å². The number of nitrogens with zero attached hydrogens (tertiary/aromatic N) is 3. The van der Waals surface area contributed by atoms with Gasteiger partial charge in [-0.2, -0.15) is 4.98 Å². The minimum absolute atomic E-state index is 0.0169. The zero-order valence-corrected chi connectivity index (χ0v) is 16.0. The Kier molecular flexibility index (Phi) is 4.82. The van der Waals surface area contributed by atoms with E-state index >= 15 is 0 Å². The summed E-state index contributed by atoms with van der Waals surface area (Å²) in [6.45, 7) is 1.31. The number of methoxy groups -OCH3 is 2. The van der Waals surface area contributed by atoms with Crippen molar-refractivity contribution in [1.29, 1.82) is 0 Å². The summed E-state index contributed by atoms with van der Waals surface area (Å²) in [6.07, 6.45) is 2.30. The molecule has 0 bridgehead atoms. The van der Waals surface area contributed by atoms with Gasteiger partial charge in [0.05, 0.1) is 26.2 Å². The van der Waals surface area contributed by atoms with Crippen LogP contribution in [0.3, 0.4) is 0 Å². The van der Waals surface area contributed by atoms with Crippen molar-refractivity contribution >= 4 is 17.7 Å². The molecule has 2 saturated heterocycles. The first-order valence-corrected chi connectivity index (χ1v) is 9.48. The second kappa shape index (κ2) is 7.29. The number of rotatable bonds is 6. The van der Waals surface area contributed by atoms with E-state index in [0.29, 0.717) is 37.1 Å². The van der Waals surface area contributed by atoms with Crippen molar-refractivity contribution < 1.29 is 23.9 Å². The fourth-order valence-corrected chi connectivity index (χ4v) is 3.65. The summed E-state index contributed by atoms with van der Waals surface area (Å²) in [6, 6.07) is 3.48. The van der Waals surface area contributed by atoms with Gasteiger partial charge >= 0.3 is 0 Å². The maximum absolute atomic E-state index is 12.7. The Balaban J connectivity index is 1.34. The molecule has 1 aromatic heterocycles. The topological polar surface area (TPSA) is 101 Å². The summed E-state index contributed by atoms with van der Waals surface area (Å²) < 4.78 is 10.3. The summed E-state index contributed by atoms with van der Waals surface area (Å²) in [5.74, 6) is 0.0491. The summed E-state index contributed by atoms with van der Waals surface area (Å²) in [7, 11) is 2.95. The van der Waals surface area contributed by atoms with E-state index in [2.05, 4.69) is 10.3 Å². The lowest BCUT2D eigenvalue weighted by molar-refractivity contribution is -0.132. The standard InChI is InChI=1S/C19H24N4O5/c1-27-15-6-5-14(18(21-15)28-2)19(26)22-9-13(10-22)23-8-11(7-16(23)24)17(25)20-12-3-4-12/h5-6,11-13H,3-4,7-10H2,1-2H3,(H,20,25). The third-order valence-corrected chi connectivity index (χ3v) is 5.51. The first-order valence-electron chi connectivity index (χ1n) is 9.48. The Hall–Kier alpha value is -2.84. The van der Waals surface area contributed by atoms with Gasteiger partial charge < -0.3 is 24.6 Å². The summed E-state index contributed by atoms with van der Waals surface area (Å²) in [4.78, 5) is 44.8. The van der Waals surface area contributed by atoms with E-state index in [9.17, 15) is 14.4 Å². The number of nitrogens with one attached hydrogen (secondary N) is 1.